The predicted octanol–water partition coefficient (Wildman–Crippen LogP) is 3.49. The van der Waals surface area contributed by atoms with Crippen molar-refractivity contribution in [3.05, 3.63) is 29.6 Å². The molecule has 0 saturated carbocycles. The average Bonchev–Trinajstić information content (AvgIpc) is 2.40. The van der Waals surface area contributed by atoms with E-state index in [4.69, 9.17) is 9.47 Å². The molecule has 0 radical (unpaired) electrons. The Balaban J connectivity index is 2.73. The SMILES string of the molecule is CC(C)(C)COC(=O)c1cccc(C(=O)OCC(C)(C)C)n1. The Kier molecular flexibility index (Phi) is 5.69. The van der Waals surface area contributed by atoms with Crippen LogP contribution in [-0.4, -0.2) is 30.1 Å². The van der Waals surface area contributed by atoms with E-state index in [1.165, 1.54) is 12.1 Å². The molecule has 0 unspecified atom stereocenters. The zero-order chi connectivity index (χ0) is 17.0. The number of rotatable bonds is 4. The Morgan fingerprint density at radius 2 is 1.23 bits per heavy atom. The summed E-state index contributed by atoms with van der Waals surface area (Å²) in [6, 6.07) is 4.63. The van der Waals surface area contributed by atoms with Crippen molar-refractivity contribution in [2.75, 3.05) is 13.2 Å². The normalized spacial score (nSPS) is 11.9. The van der Waals surface area contributed by atoms with Crippen LogP contribution in [-0.2, 0) is 9.47 Å². The van der Waals surface area contributed by atoms with E-state index in [1.807, 2.05) is 41.5 Å². The molecule has 0 N–H and O–H groups in total. The Hall–Kier alpha value is -1.91. The third-order valence-electron chi connectivity index (χ3n) is 2.44. The molecule has 5 heteroatoms. The lowest BCUT2D eigenvalue weighted by Gasteiger charge is -2.18. The van der Waals surface area contributed by atoms with Crippen LogP contribution in [0.5, 0.6) is 0 Å². The maximum absolute atomic E-state index is 11.9. The van der Waals surface area contributed by atoms with Gasteiger partial charge in [-0.1, -0.05) is 47.6 Å². The van der Waals surface area contributed by atoms with Crippen molar-refractivity contribution in [2.24, 2.45) is 10.8 Å². The number of ether oxygens (including phenoxy) is 2. The molecule has 0 bridgehead atoms. The predicted molar refractivity (Wildman–Crippen MR) is 83.7 cm³/mol. The lowest BCUT2D eigenvalue weighted by Crippen LogP contribution is -2.21. The van der Waals surface area contributed by atoms with Gasteiger partial charge in [-0.2, -0.15) is 0 Å². The molecule has 0 fully saturated rings. The highest BCUT2D eigenvalue weighted by atomic mass is 16.5. The van der Waals surface area contributed by atoms with Crippen LogP contribution >= 0.6 is 0 Å². The third kappa shape index (κ3) is 6.70. The molecule has 1 heterocycles. The quantitative estimate of drug-likeness (QED) is 0.797. The van der Waals surface area contributed by atoms with Gasteiger partial charge in [-0.05, 0) is 23.0 Å². The van der Waals surface area contributed by atoms with Crippen LogP contribution in [0.1, 0.15) is 62.5 Å². The summed E-state index contributed by atoms with van der Waals surface area (Å²) in [4.78, 5) is 27.9. The van der Waals surface area contributed by atoms with E-state index in [1.54, 1.807) is 6.07 Å². The van der Waals surface area contributed by atoms with Gasteiger partial charge in [0.2, 0.25) is 0 Å². The zero-order valence-electron chi connectivity index (χ0n) is 14.2. The smallest absolute Gasteiger partial charge is 0.356 e. The van der Waals surface area contributed by atoms with Crippen LogP contribution < -0.4 is 0 Å². The van der Waals surface area contributed by atoms with Crippen molar-refractivity contribution in [3.63, 3.8) is 0 Å². The summed E-state index contributed by atoms with van der Waals surface area (Å²) >= 11 is 0. The molecular weight excluding hydrogens is 282 g/mol. The molecule has 0 aromatic carbocycles. The van der Waals surface area contributed by atoms with Crippen LogP contribution in [0.3, 0.4) is 0 Å². The van der Waals surface area contributed by atoms with Gasteiger partial charge in [0.15, 0.2) is 0 Å². The molecule has 22 heavy (non-hydrogen) atoms. The molecule has 0 amide bonds. The molecule has 0 saturated heterocycles. The number of carbonyl (C=O) groups excluding carboxylic acids is 2. The second kappa shape index (κ2) is 6.90. The maximum Gasteiger partial charge on any atom is 0.356 e. The van der Waals surface area contributed by atoms with Crippen LogP contribution in [0.2, 0.25) is 0 Å². The first-order chi connectivity index (χ1) is 9.98. The Bertz CT molecular complexity index is 493. The van der Waals surface area contributed by atoms with Crippen molar-refractivity contribution < 1.29 is 19.1 Å². The lowest BCUT2D eigenvalue weighted by atomic mass is 9.99. The molecule has 0 aliphatic carbocycles. The van der Waals surface area contributed by atoms with Crippen LogP contribution in [0, 0.1) is 10.8 Å². The minimum Gasteiger partial charge on any atom is -0.460 e. The van der Waals surface area contributed by atoms with Gasteiger partial charge in [-0.3, -0.25) is 0 Å². The number of hydrogen-bond donors (Lipinski definition) is 0. The second-order valence-corrected chi connectivity index (χ2v) is 7.68. The van der Waals surface area contributed by atoms with Gasteiger partial charge >= 0.3 is 11.9 Å². The van der Waals surface area contributed by atoms with Gasteiger partial charge < -0.3 is 9.47 Å². The fraction of sp³-hybridized carbons (Fsp3) is 0.588. The first-order valence-corrected chi connectivity index (χ1v) is 7.29. The van der Waals surface area contributed by atoms with E-state index in [9.17, 15) is 9.59 Å². The zero-order valence-corrected chi connectivity index (χ0v) is 14.2. The highest BCUT2D eigenvalue weighted by molar-refractivity contribution is 5.91. The fourth-order valence-corrected chi connectivity index (χ4v) is 1.37. The minimum atomic E-state index is -0.541. The molecule has 0 aliphatic heterocycles. The van der Waals surface area contributed by atoms with E-state index >= 15 is 0 Å². The molecule has 1 aromatic heterocycles. The summed E-state index contributed by atoms with van der Waals surface area (Å²) in [6.45, 7) is 12.4. The van der Waals surface area contributed by atoms with E-state index in [-0.39, 0.29) is 35.4 Å². The fourth-order valence-electron chi connectivity index (χ4n) is 1.37. The highest BCUT2D eigenvalue weighted by Crippen LogP contribution is 2.15. The van der Waals surface area contributed by atoms with Crippen LogP contribution in [0.15, 0.2) is 18.2 Å². The Labute approximate surface area is 132 Å². The number of hydrogen-bond acceptors (Lipinski definition) is 5. The Morgan fingerprint density at radius 1 is 0.864 bits per heavy atom. The van der Waals surface area contributed by atoms with E-state index in [2.05, 4.69) is 4.98 Å². The molecule has 1 aromatic rings. The number of nitrogens with zero attached hydrogens (tertiary/aromatic N) is 1. The summed E-state index contributed by atoms with van der Waals surface area (Å²) < 4.78 is 10.4. The van der Waals surface area contributed by atoms with Gasteiger partial charge in [0, 0.05) is 0 Å². The van der Waals surface area contributed by atoms with Crippen LogP contribution in [0.4, 0.5) is 0 Å². The second-order valence-electron chi connectivity index (χ2n) is 7.68. The van der Waals surface area contributed by atoms with Gasteiger partial charge in [0.1, 0.15) is 11.4 Å². The van der Waals surface area contributed by atoms with Crippen molar-refractivity contribution in [1.29, 1.82) is 0 Å². The van der Waals surface area contributed by atoms with Gasteiger partial charge in [0.05, 0.1) is 13.2 Å². The largest absolute Gasteiger partial charge is 0.460 e. The topological polar surface area (TPSA) is 65.5 Å². The summed E-state index contributed by atoms with van der Waals surface area (Å²) in [7, 11) is 0. The first kappa shape index (κ1) is 18.1. The summed E-state index contributed by atoms with van der Waals surface area (Å²) in [5.41, 5.74) is -0.0402. The summed E-state index contributed by atoms with van der Waals surface area (Å²) in [5.74, 6) is -1.08. The van der Waals surface area contributed by atoms with Crippen molar-refractivity contribution >= 4 is 11.9 Å². The van der Waals surface area contributed by atoms with E-state index in [0.717, 1.165) is 0 Å². The first-order valence-electron chi connectivity index (χ1n) is 7.29. The molecule has 0 atom stereocenters. The minimum absolute atomic E-state index is 0.106. The highest BCUT2D eigenvalue weighted by Gasteiger charge is 2.19. The van der Waals surface area contributed by atoms with Gasteiger partial charge in [-0.25, -0.2) is 14.6 Å². The summed E-state index contributed by atoms with van der Waals surface area (Å²) in [5, 5.41) is 0. The monoisotopic (exact) mass is 307 g/mol. The van der Waals surface area contributed by atoms with Gasteiger partial charge in [-0.15, -0.1) is 0 Å². The molecule has 0 aliphatic rings. The number of pyridine rings is 1. The lowest BCUT2D eigenvalue weighted by molar-refractivity contribution is 0.0349. The molecular formula is C17H25NO4. The van der Waals surface area contributed by atoms with E-state index < -0.39 is 11.9 Å². The number of esters is 2. The van der Waals surface area contributed by atoms with Crippen molar-refractivity contribution in [3.8, 4) is 0 Å². The molecule has 5 nitrogen and oxygen atoms in total. The standard InChI is InChI=1S/C17H25NO4/c1-16(2,3)10-21-14(19)12-8-7-9-13(18-12)15(20)22-11-17(4,5)6/h7-9H,10-11H2,1-6H3. The van der Waals surface area contributed by atoms with Crippen molar-refractivity contribution in [1.82, 2.24) is 4.98 Å². The Morgan fingerprint density at radius 3 is 1.55 bits per heavy atom. The summed E-state index contributed by atoms with van der Waals surface area (Å²) in [6.07, 6.45) is 0. The molecule has 122 valence electrons. The van der Waals surface area contributed by atoms with Crippen LogP contribution in [0.25, 0.3) is 0 Å². The van der Waals surface area contributed by atoms with Gasteiger partial charge in [0.25, 0.3) is 0 Å². The molecule has 0 spiro atoms. The maximum atomic E-state index is 11.9. The van der Waals surface area contributed by atoms with Crippen molar-refractivity contribution in [2.45, 2.75) is 41.5 Å². The molecule has 1 rings (SSSR count). The number of aromatic nitrogens is 1. The van der Waals surface area contributed by atoms with E-state index in [0.29, 0.717) is 0 Å². The third-order valence-corrected chi connectivity index (χ3v) is 2.44. The average molecular weight is 307 g/mol. The number of carbonyl (C=O) groups is 2.